The van der Waals surface area contributed by atoms with E-state index in [1.807, 2.05) is 55.5 Å². The second kappa shape index (κ2) is 9.93. The molecule has 3 aromatic rings. The summed E-state index contributed by atoms with van der Waals surface area (Å²) in [6.07, 6.45) is 2.13. The van der Waals surface area contributed by atoms with E-state index in [-0.39, 0.29) is 12.0 Å². The minimum atomic E-state index is -0.541. The monoisotopic (exact) mass is 439 g/mol. The lowest BCUT2D eigenvalue weighted by Gasteiger charge is -2.18. The maximum Gasteiger partial charge on any atom is 0.242 e. The zero-order chi connectivity index (χ0) is 21.6. The Morgan fingerprint density at radius 1 is 1.32 bits per heavy atom. The minimum Gasteiger partial charge on any atom is -0.495 e. The molecule has 8 nitrogen and oxygen atoms in total. The van der Waals surface area contributed by atoms with Crippen molar-refractivity contribution in [3.05, 3.63) is 59.7 Å². The lowest BCUT2D eigenvalue weighted by atomic mass is 10.1. The Morgan fingerprint density at radius 3 is 2.90 bits per heavy atom. The zero-order valence-corrected chi connectivity index (χ0v) is 18.3. The number of amides is 1. The second-order valence-electron chi connectivity index (χ2n) is 7.38. The largest absolute Gasteiger partial charge is 0.495 e. The summed E-state index contributed by atoms with van der Waals surface area (Å²) in [5, 5.41) is 15.2. The molecule has 0 bridgehead atoms. The molecule has 9 heteroatoms. The molecule has 1 aromatic heterocycles. The lowest BCUT2D eigenvalue weighted by Crippen LogP contribution is -2.21. The molecule has 1 amide bonds. The highest BCUT2D eigenvalue weighted by atomic mass is 32.2. The number of anilines is 1. The van der Waals surface area contributed by atoms with Crippen molar-refractivity contribution in [1.29, 1.82) is 0 Å². The van der Waals surface area contributed by atoms with Gasteiger partial charge in [-0.15, -0.1) is 5.10 Å². The molecule has 0 aliphatic carbocycles. The number of thioether (sulfide) groups is 1. The van der Waals surface area contributed by atoms with Crippen molar-refractivity contribution in [2.75, 3.05) is 19.0 Å². The van der Waals surface area contributed by atoms with Crippen LogP contribution < -0.4 is 10.1 Å². The fourth-order valence-corrected chi connectivity index (χ4v) is 4.49. The Bertz CT molecular complexity index is 1020. The number of aryl methyl sites for hydroxylation is 1. The Balaban J connectivity index is 1.58. The third-order valence-corrected chi connectivity index (χ3v) is 6.30. The van der Waals surface area contributed by atoms with Crippen molar-refractivity contribution < 1.29 is 14.3 Å². The Kier molecular flexibility index (Phi) is 6.83. The molecular weight excluding hydrogens is 414 g/mol. The summed E-state index contributed by atoms with van der Waals surface area (Å²) in [5.41, 5.74) is 2.52. The van der Waals surface area contributed by atoms with Gasteiger partial charge in [0.1, 0.15) is 11.0 Å². The van der Waals surface area contributed by atoms with Crippen LogP contribution in [-0.4, -0.2) is 45.9 Å². The number of nitrogens with one attached hydrogen (secondary N) is 1. The van der Waals surface area contributed by atoms with Crippen molar-refractivity contribution in [2.24, 2.45) is 0 Å². The topological polar surface area (TPSA) is 91.2 Å². The molecule has 31 heavy (non-hydrogen) atoms. The first-order valence-corrected chi connectivity index (χ1v) is 11.1. The summed E-state index contributed by atoms with van der Waals surface area (Å²) in [4.78, 5) is 13.4. The van der Waals surface area contributed by atoms with Crippen LogP contribution in [-0.2, 0) is 16.1 Å². The Labute approximate surface area is 185 Å². The van der Waals surface area contributed by atoms with Crippen molar-refractivity contribution in [2.45, 2.75) is 42.8 Å². The van der Waals surface area contributed by atoms with E-state index in [9.17, 15) is 4.79 Å². The summed E-state index contributed by atoms with van der Waals surface area (Å²) in [7, 11) is 1.59. The van der Waals surface area contributed by atoms with E-state index in [0.29, 0.717) is 23.1 Å². The third kappa shape index (κ3) is 5.23. The molecule has 2 heterocycles. The quantitative estimate of drug-likeness (QED) is 0.536. The maximum atomic E-state index is 13.4. The van der Waals surface area contributed by atoms with E-state index in [1.54, 1.807) is 11.8 Å². The molecule has 0 saturated carbocycles. The summed E-state index contributed by atoms with van der Waals surface area (Å²) in [5.74, 6) is 0.436. The summed E-state index contributed by atoms with van der Waals surface area (Å²) in [6, 6.07) is 15.3. The van der Waals surface area contributed by atoms with Crippen LogP contribution in [0.3, 0.4) is 0 Å². The zero-order valence-electron chi connectivity index (χ0n) is 17.5. The Hall–Kier alpha value is -2.91. The van der Waals surface area contributed by atoms with Gasteiger partial charge in [0.2, 0.25) is 11.1 Å². The van der Waals surface area contributed by atoms with Crippen LogP contribution >= 0.6 is 11.8 Å². The number of carbonyl (C=O) groups excluding carboxylic acids is 1. The first-order valence-electron chi connectivity index (χ1n) is 10.2. The number of hydrogen-bond acceptors (Lipinski definition) is 7. The fraction of sp³-hybridized carbons (Fsp3) is 0.364. The van der Waals surface area contributed by atoms with Gasteiger partial charge in [0, 0.05) is 6.61 Å². The molecule has 0 radical (unpaired) electrons. The number of benzene rings is 2. The number of rotatable bonds is 8. The SMILES string of the molecule is COc1ccc(C)cc1NC(=O)[C@H](Sc1nnnn1C[C@H]1CCCO1)c1ccccc1. The molecule has 1 aliphatic heterocycles. The van der Waals surface area contributed by atoms with Gasteiger partial charge in [-0.05, 0) is 53.5 Å². The van der Waals surface area contributed by atoms with E-state index < -0.39 is 5.25 Å². The van der Waals surface area contributed by atoms with Crippen molar-refractivity contribution >= 4 is 23.4 Å². The lowest BCUT2D eigenvalue weighted by molar-refractivity contribution is -0.115. The number of nitrogens with zero attached hydrogens (tertiary/aromatic N) is 4. The van der Waals surface area contributed by atoms with Gasteiger partial charge in [-0.1, -0.05) is 48.2 Å². The third-order valence-electron chi connectivity index (χ3n) is 5.08. The van der Waals surface area contributed by atoms with Crippen LogP contribution in [0, 0.1) is 6.92 Å². The van der Waals surface area contributed by atoms with E-state index in [0.717, 1.165) is 30.6 Å². The van der Waals surface area contributed by atoms with Gasteiger partial charge in [0.25, 0.3) is 0 Å². The smallest absolute Gasteiger partial charge is 0.242 e. The first-order chi connectivity index (χ1) is 15.1. The predicted molar refractivity (Wildman–Crippen MR) is 118 cm³/mol. The van der Waals surface area contributed by atoms with E-state index in [1.165, 1.54) is 11.8 Å². The first kappa shape index (κ1) is 21.3. The molecule has 1 aliphatic rings. The van der Waals surface area contributed by atoms with Crippen molar-refractivity contribution in [1.82, 2.24) is 20.2 Å². The molecule has 0 unspecified atom stereocenters. The molecule has 2 atom stereocenters. The van der Waals surface area contributed by atoms with Crippen LogP contribution in [0.2, 0.25) is 0 Å². The second-order valence-corrected chi connectivity index (χ2v) is 8.45. The summed E-state index contributed by atoms with van der Waals surface area (Å²) >= 11 is 1.32. The van der Waals surface area contributed by atoms with Gasteiger partial charge >= 0.3 is 0 Å². The Morgan fingerprint density at radius 2 is 2.16 bits per heavy atom. The van der Waals surface area contributed by atoms with Gasteiger partial charge in [-0.2, -0.15) is 0 Å². The molecule has 1 N–H and O–H groups in total. The van der Waals surface area contributed by atoms with Crippen LogP contribution in [0.25, 0.3) is 0 Å². The normalized spacial score (nSPS) is 16.8. The average molecular weight is 440 g/mol. The number of methoxy groups -OCH3 is 1. The van der Waals surface area contributed by atoms with E-state index >= 15 is 0 Å². The fourth-order valence-electron chi connectivity index (χ4n) is 3.50. The van der Waals surface area contributed by atoms with Crippen LogP contribution in [0.15, 0.2) is 53.7 Å². The van der Waals surface area contributed by atoms with Gasteiger partial charge in [-0.3, -0.25) is 4.79 Å². The maximum absolute atomic E-state index is 13.4. The molecule has 0 spiro atoms. The molecule has 2 aromatic carbocycles. The highest BCUT2D eigenvalue weighted by molar-refractivity contribution is 8.00. The number of hydrogen-bond donors (Lipinski definition) is 1. The van der Waals surface area contributed by atoms with Gasteiger partial charge in [0.05, 0.1) is 25.4 Å². The molecule has 4 rings (SSSR count). The van der Waals surface area contributed by atoms with Crippen LogP contribution in [0.5, 0.6) is 5.75 Å². The highest BCUT2D eigenvalue weighted by Gasteiger charge is 2.27. The minimum absolute atomic E-state index is 0.100. The van der Waals surface area contributed by atoms with E-state index in [4.69, 9.17) is 9.47 Å². The van der Waals surface area contributed by atoms with Gasteiger partial charge in [-0.25, -0.2) is 4.68 Å². The average Bonchev–Trinajstić information content (AvgIpc) is 3.45. The number of aromatic nitrogens is 4. The number of carbonyl (C=O) groups is 1. The predicted octanol–water partition coefficient (Wildman–Crippen LogP) is 3.64. The van der Waals surface area contributed by atoms with Gasteiger partial charge in [0.15, 0.2) is 0 Å². The van der Waals surface area contributed by atoms with Crippen LogP contribution in [0.4, 0.5) is 5.69 Å². The number of ether oxygens (including phenoxy) is 2. The summed E-state index contributed by atoms with van der Waals surface area (Å²) in [6.45, 7) is 3.31. The summed E-state index contributed by atoms with van der Waals surface area (Å²) < 4.78 is 12.8. The van der Waals surface area contributed by atoms with Crippen LogP contribution in [0.1, 0.15) is 29.2 Å². The highest BCUT2D eigenvalue weighted by Crippen LogP contribution is 2.36. The van der Waals surface area contributed by atoms with Crippen molar-refractivity contribution in [3.8, 4) is 5.75 Å². The van der Waals surface area contributed by atoms with Gasteiger partial charge < -0.3 is 14.8 Å². The standard InChI is InChI=1S/C22H25N5O3S/c1-15-10-11-19(29-2)18(13-15)23-21(28)20(16-7-4-3-5-8-16)31-22-24-25-26-27(22)14-17-9-6-12-30-17/h3-5,7-8,10-11,13,17,20H,6,9,12,14H2,1-2H3,(H,23,28)/t17-,20-/m1/s1. The molecule has 162 valence electrons. The van der Waals surface area contributed by atoms with E-state index in [2.05, 4.69) is 20.8 Å². The molecule has 1 fully saturated rings. The van der Waals surface area contributed by atoms with Crippen molar-refractivity contribution in [3.63, 3.8) is 0 Å². The number of tetrazole rings is 1. The molecular formula is C22H25N5O3S. The molecule has 1 saturated heterocycles.